The van der Waals surface area contributed by atoms with E-state index in [4.69, 9.17) is 0 Å². The first-order valence-corrected chi connectivity index (χ1v) is 8.36. The smallest absolute Gasteiger partial charge is 0.254 e. The van der Waals surface area contributed by atoms with E-state index in [-0.39, 0.29) is 18.3 Å². The molecule has 0 unspecified atom stereocenters. The summed E-state index contributed by atoms with van der Waals surface area (Å²) in [5, 5.41) is 4.97. The van der Waals surface area contributed by atoms with Gasteiger partial charge in [-0.15, -0.1) is 0 Å². The molecule has 5 nitrogen and oxygen atoms in total. The molecule has 0 aliphatic heterocycles. The van der Waals surface area contributed by atoms with E-state index in [1.807, 2.05) is 13.1 Å². The van der Waals surface area contributed by atoms with Crippen LogP contribution >= 0.6 is 0 Å². The van der Waals surface area contributed by atoms with E-state index in [1.165, 1.54) is 11.0 Å². The van der Waals surface area contributed by atoms with Crippen LogP contribution in [0.2, 0.25) is 0 Å². The largest absolute Gasteiger partial charge is 0.337 e. The Kier molecular flexibility index (Phi) is 3.75. The zero-order valence-corrected chi connectivity index (χ0v) is 14.2. The average molecular weight is 338 g/mol. The van der Waals surface area contributed by atoms with Gasteiger partial charge in [-0.3, -0.25) is 9.48 Å². The van der Waals surface area contributed by atoms with Crippen LogP contribution in [0.1, 0.15) is 40.4 Å². The summed E-state index contributed by atoms with van der Waals surface area (Å²) >= 11 is 0. The van der Waals surface area contributed by atoms with Gasteiger partial charge >= 0.3 is 0 Å². The van der Waals surface area contributed by atoms with E-state index < -0.39 is 0 Å². The van der Waals surface area contributed by atoms with E-state index >= 15 is 0 Å². The van der Waals surface area contributed by atoms with Gasteiger partial charge in [0.1, 0.15) is 5.82 Å². The Morgan fingerprint density at radius 1 is 1.36 bits per heavy atom. The maximum absolute atomic E-state index is 13.9. The maximum atomic E-state index is 13.9. The molecule has 3 aromatic rings. The highest BCUT2D eigenvalue weighted by Gasteiger charge is 2.28. The van der Waals surface area contributed by atoms with Crippen molar-refractivity contribution in [3.63, 3.8) is 0 Å². The number of halogens is 1. The Hall–Kier alpha value is -2.76. The molecule has 1 aliphatic rings. The van der Waals surface area contributed by atoms with Crippen LogP contribution in [0.3, 0.4) is 0 Å². The minimum atomic E-state index is -0.304. The SMILES string of the molecule is CN(Cc1ccccc1F)C(=O)c1cc(C2CC2)nc2c1cnn2C. The van der Waals surface area contributed by atoms with Crippen molar-refractivity contribution in [1.29, 1.82) is 0 Å². The fourth-order valence-corrected chi connectivity index (χ4v) is 3.06. The van der Waals surface area contributed by atoms with Crippen LogP contribution in [-0.4, -0.2) is 32.6 Å². The van der Waals surface area contributed by atoms with Crippen LogP contribution in [0.25, 0.3) is 11.0 Å². The second-order valence-corrected chi connectivity index (χ2v) is 6.63. The van der Waals surface area contributed by atoms with E-state index in [0.29, 0.717) is 22.7 Å². The molecule has 0 bridgehead atoms. The molecule has 0 atom stereocenters. The van der Waals surface area contributed by atoms with Gasteiger partial charge < -0.3 is 4.90 Å². The first-order chi connectivity index (χ1) is 12.0. The number of carbonyl (C=O) groups is 1. The van der Waals surface area contributed by atoms with Crippen molar-refractivity contribution >= 4 is 16.9 Å². The van der Waals surface area contributed by atoms with E-state index in [0.717, 1.165) is 23.9 Å². The molecule has 1 aliphatic carbocycles. The molecule has 2 aromatic heterocycles. The van der Waals surface area contributed by atoms with Crippen molar-refractivity contribution in [2.24, 2.45) is 7.05 Å². The van der Waals surface area contributed by atoms with Crippen LogP contribution in [0.5, 0.6) is 0 Å². The van der Waals surface area contributed by atoms with Gasteiger partial charge in [0, 0.05) is 37.8 Å². The summed E-state index contributed by atoms with van der Waals surface area (Å²) in [4.78, 5) is 19.2. The van der Waals surface area contributed by atoms with Crippen molar-refractivity contribution in [3.8, 4) is 0 Å². The third kappa shape index (κ3) is 2.88. The lowest BCUT2D eigenvalue weighted by Crippen LogP contribution is -2.27. The van der Waals surface area contributed by atoms with E-state index in [1.54, 1.807) is 36.1 Å². The van der Waals surface area contributed by atoms with Crippen molar-refractivity contribution < 1.29 is 9.18 Å². The number of rotatable bonds is 4. The lowest BCUT2D eigenvalue weighted by atomic mass is 10.1. The first-order valence-electron chi connectivity index (χ1n) is 8.36. The molecule has 1 fully saturated rings. The third-order valence-electron chi connectivity index (χ3n) is 4.66. The molecule has 2 heterocycles. The number of hydrogen-bond acceptors (Lipinski definition) is 3. The van der Waals surface area contributed by atoms with E-state index in [9.17, 15) is 9.18 Å². The van der Waals surface area contributed by atoms with Gasteiger partial charge in [-0.2, -0.15) is 5.10 Å². The van der Waals surface area contributed by atoms with E-state index in [2.05, 4.69) is 10.1 Å². The highest BCUT2D eigenvalue weighted by molar-refractivity contribution is 6.05. The quantitative estimate of drug-likeness (QED) is 0.734. The number of aromatic nitrogens is 3. The normalized spacial score (nSPS) is 14.0. The molecule has 6 heteroatoms. The van der Waals surface area contributed by atoms with Gasteiger partial charge in [-0.05, 0) is 25.0 Å². The number of pyridine rings is 1. The standard InChI is InChI=1S/C19H19FN4O/c1-23(11-13-5-3-4-6-16(13)20)19(25)14-9-17(12-7-8-12)22-18-15(14)10-21-24(18)2/h3-6,9-10,12H,7-8,11H2,1-2H3. The molecule has 1 aromatic carbocycles. The van der Waals surface area contributed by atoms with Crippen LogP contribution in [0, 0.1) is 5.82 Å². The highest BCUT2D eigenvalue weighted by Crippen LogP contribution is 2.40. The average Bonchev–Trinajstić information content (AvgIpc) is 3.39. The monoisotopic (exact) mass is 338 g/mol. The lowest BCUT2D eigenvalue weighted by Gasteiger charge is -2.18. The van der Waals surface area contributed by atoms with Crippen molar-refractivity contribution in [2.45, 2.75) is 25.3 Å². The number of nitrogens with zero attached hydrogens (tertiary/aromatic N) is 4. The van der Waals surface area contributed by atoms with Crippen molar-refractivity contribution in [2.75, 3.05) is 7.05 Å². The zero-order valence-electron chi connectivity index (χ0n) is 14.2. The summed E-state index contributed by atoms with van der Waals surface area (Å²) < 4.78 is 15.6. The number of fused-ring (bicyclic) bond motifs is 1. The second kappa shape index (κ2) is 5.95. The Morgan fingerprint density at radius 2 is 2.12 bits per heavy atom. The second-order valence-electron chi connectivity index (χ2n) is 6.63. The van der Waals surface area contributed by atoms with Crippen molar-refractivity contribution in [1.82, 2.24) is 19.7 Å². The predicted octanol–water partition coefficient (Wildman–Crippen LogP) is 3.26. The van der Waals surface area contributed by atoms with Crippen LogP contribution < -0.4 is 0 Å². The summed E-state index contributed by atoms with van der Waals surface area (Å²) in [6.45, 7) is 0.217. The number of benzene rings is 1. The minimum absolute atomic E-state index is 0.148. The Bertz CT molecular complexity index is 961. The summed E-state index contributed by atoms with van der Waals surface area (Å²) in [7, 11) is 3.51. The van der Waals surface area contributed by atoms with Gasteiger partial charge in [0.2, 0.25) is 0 Å². The summed E-state index contributed by atoms with van der Waals surface area (Å²) in [6, 6.07) is 8.39. The van der Waals surface area contributed by atoms with Crippen LogP contribution in [-0.2, 0) is 13.6 Å². The summed E-state index contributed by atoms with van der Waals surface area (Å²) in [5.74, 6) is -0.0182. The molecular formula is C19H19FN4O. The summed E-state index contributed by atoms with van der Waals surface area (Å²) in [6.07, 6.45) is 3.88. The molecule has 0 N–H and O–H groups in total. The fraction of sp³-hybridized carbons (Fsp3) is 0.316. The number of aryl methyl sites for hydroxylation is 1. The molecule has 0 radical (unpaired) electrons. The lowest BCUT2D eigenvalue weighted by molar-refractivity contribution is 0.0785. The number of hydrogen-bond donors (Lipinski definition) is 0. The summed E-state index contributed by atoms with van der Waals surface area (Å²) in [5.41, 5.74) is 2.74. The Morgan fingerprint density at radius 3 is 2.84 bits per heavy atom. The Balaban J connectivity index is 1.70. The molecular weight excluding hydrogens is 319 g/mol. The molecule has 128 valence electrons. The molecule has 1 amide bonds. The van der Waals surface area contributed by atoms with Crippen molar-refractivity contribution in [3.05, 3.63) is 59.2 Å². The van der Waals surface area contributed by atoms with Gasteiger partial charge in [-0.25, -0.2) is 9.37 Å². The van der Waals surface area contributed by atoms with Gasteiger partial charge in [0.25, 0.3) is 5.91 Å². The van der Waals surface area contributed by atoms with Gasteiger partial charge in [-0.1, -0.05) is 18.2 Å². The number of carbonyl (C=O) groups excluding carboxylic acids is 1. The third-order valence-corrected chi connectivity index (χ3v) is 4.66. The van der Waals surface area contributed by atoms with Gasteiger partial charge in [0.05, 0.1) is 17.1 Å². The van der Waals surface area contributed by atoms with Gasteiger partial charge in [0.15, 0.2) is 5.65 Å². The Labute approximate surface area is 145 Å². The molecule has 0 saturated heterocycles. The molecule has 25 heavy (non-hydrogen) atoms. The maximum Gasteiger partial charge on any atom is 0.254 e. The highest BCUT2D eigenvalue weighted by atomic mass is 19.1. The minimum Gasteiger partial charge on any atom is -0.337 e. The molecule has 1 saturated carbocycles. The fourth-order valence-electron chi connectivity index (χ4n) is 3.06. The zero-order chi connectivity index (χ0) is 17.6. The molecule has 4 rings (SSSR count). The number of amides is 1. The first kappa shape index (κ1) is 15.7. The topological polar surface area (TPSA) is 51.0 Å². The predicted molar refractivity (Wildman–Crippen MR) is 92.7 cm³/mol. The molecule has 0 spiro atoms. The van der Waals surface area contributed by atoms with Crippen LogP contribution in [0.4, 0.5) is 4.39 Å². The van der Waals surface area contributed by atoms with Crippen LogP contribution in [0.15, 0.2) is 36.5 Å².